The van der Waals surface area contributed by atoms with Crippen LogP contribution in [0.5, 0.6) is 0 Å². The van der Waals surface area contributed by atoms with Gasteiger partial charge in [-0.05, 0) is 33.3 Å². The summed E-state index contributed by atoms with van der Waals surface area (Å²) >= 11 is 0. The highest BCUT2D eigenvalue weighted by Crippen LogP contribution is 2.20. The molecule has 150 valence electrons. The molecule has 0 bridgehead atoms. The van der Waals surface area contributed by atoms with Crippen molar-refractivity contribution in [3.8, 4) is 11.4 Å². The van der Waals surface area contributed by atoms with Gasteiger partial charge in [0.1, 0.15) is 5.82 Å². The minimum atomic E-state index is -0.165. The molecule has 28 heavy (non-hydrogen) atoms. The van der Waals surface area contributed by atoms with Crippen LogP contribution in [0.1, 0.15) is 34.1 Å². The summed E-state index contributed by atoms with van der Waals surface area (Å²) in [6.07, 6.45) is 2.73. The van der Waals surface area contributed by atoms with Gasteiger partial charge in [0.2, 0.25) is 5.91 Å². The Morgan fingerprint density at radius 3 is 2.46 bits per heavy atom. The monoisotopic (exact) mass is 381 g/mol. The third kappa shape index (κ3) is 4.87. The number of nitrogens with one attached hydrogen (secondary N) is 1. The fraction of sp³-hybridized carbons (Fsp3) is 0.500. The highest BCUT2D eigenvalue weighted by Gasteiger charge is 2.28. The molecule has 0 saturated carbocycles. The fourth-order valence-electron chi connectivity index (χ4n) is 3.28. The summed E-state index contributed by atoms with van der Waals surface area (Å²) in [7, 11) is 0. The molecular formula is C22H31N5O. The Kier molecular flexibility index (Phi) is 6.29. The van der Waals surface area contributed by atoms with Gasteiger partial charge in [0.05, 0.1) is 6.04 Å². The predicted octanol–water partition coefficient (Wildman–Crippen LogP) is 2.96. The molecule has 3 rings (SSSR count). The van der Waals surface area contributed by atoms with Gasteiger partial charge in [-0.25, -0.2) is 9.97 Å². The second-order valence-corrected chi connectivity index (χ2v) is 8.03. The van der Waals surface area contributed by atoms with Gasteiger partial charge in [-0.15, -0.1) is 0 Å². The molecular weight excluding hydrogens is 350 g/mol. The molecule has 1 amide bonds. The first-order valence-electron chi connectivity index (χ1n) is 10.1. The van der Waals surface area contributed by atoms with Crippen molar-refractivity contribution in [1.29, 1.82) is 0 Å². The number of nitrogens with zero attached hydrogens (tertiary/aromatic N) is 4. The van der Waals surface area contributed by atoms with E-state index in [1.54, 1.807) is 0 Å². The van der Waals surface area contributed by atoms with E-state index in [1.165, 1.54) is 0 Å². The number of benzene rings is 1. The second-order valence-electron chi connectivity index (χ2n) is 8.03. The summed E-state index contributed by atoms with van der Waals surface area (Å²) in [4.78, 5) is 26.3. The quantitative estimate of drug-likeness (QED) is 0.834. The number of hydrogen-bond acceptors (Lipinski definition) is 5. The van der Waals surface area contributed by atoms with Crippen molar-refractivity contribution in [1.82, 2.24) is 20.2 Å². The standard InChI is InChI=1S/C22H31N5O/c1-5-22(3,4)25-21(28)17(2)26-13-15-27(16-14-26)19-11-12-23-20(24-19)18-9-7-6-8-10-18/h6-12,17H,5,13-16H2,1-4H3,(H,25,28). The van der Waals surface area contributed by atoms with E-state index in [0.29, 0.717) is 0 Å². The van der Waals surface area contributed by atoms with E-state index in [-0.39, 0.29) is 17.5 Å². The Labute approximate surface area is 168 Å². The van der Waals surface area contributed by atoms with Crippen LogP contribution in [-0.2, 0) is 4.79 Å². The molecule has 1 aromatic heterocycles. The highest BCUT2D eigenvalue weighted by molar-refractivity contribution is 5.82. The normalized spacial score (nSPS) is 16.6. The average Bonchev–Trinajstić information content (AvgIpc) is 2.74. The first-order valence-corrected chi connectivity index (χ1v) is 10.1. The number of rotatable bonds is 6. The van der Waals surface area contributed by atoms with Crippen LogP contribution in [0.4, 0.5) is 5.82 Å². The van der Waals surface area contributed by atoms with Crippen molar-refractivity contribution in [2.45, 2.75) is 45.7 Å². The van der Waals surface area contributed by atoms with Crippen LogP contribution < -0.4 is 10.2 Å². The predicted molar refractivity (Wildman–Crippen MR) is 113 cm³/mol. The van der Waals surface area contributed by atoms with Crippen molar-refractivity contribution >= 4 is 11.7 Å². The van der Waals surface area contributed by atoms with E-state index in [9.17, 15) is 4.79 Å². The zero-order valence-electron chi connectivity index (χ0n) is 17.4. The van der Waals surface area contributed by atoms with Crippen molar-refractivity contribution in [2.24, 2.45) is 0 Å². The van der Waals surface area contributed by atoms with Crippen LogP contribution in [0, 0.1) is 0 Å². The molecule has 6 heteroatoms. The molecule has 0 aliphatic carbocycles. The lowest BCUT2D eigenvalue weighted by Crippen LogP contribution is -2.56. The molecule has 0 radical (unpaired) electrons. The number of carbonyl (C=O) groups excluding carboxylic acids is 1. The van der Waals surface area contributed by atoms with E-state index in [0.717, 1.165) is 49.8 Å². The van der Waals surface area contributed by atoms with E-state index in [4.69, 9.17) is 4.98 Å². The summed E-state index contributed by atoms with van der Waals surface area (Å²) in [6, 6.07) is 11.9. The number of hydrogen-bond donors (Lipinski definition) is 1. The van der Waals surface area contributed by atoms with Gasteiger partial charge >= 0.3 is 0 Å². The minimum absolute atomic E-state index is 0.105. The molecule has 1 aromatic carbocycles. The second kappa shape index (κ2) is 8.69. The summed E-state index contributed by atoms with van der Waals surface area (Å²) in [6.45, 7) is 11.6. The van der Waals surface area contributed by atoms with Crippen molar-refractivity contribution < 1.29 is 4.79 Å². The smallest absolute Gasteiger partial charge is 0.237 e. The lowest BCUT2D eigenvalue weighted by molar-refractivity contribution is -0.127. The van der Waals surface area contributed by atoms with E-state index >= 15 is 0 Å². The van der Waals surface area contributed by atoms with E-state index in [1.807, 2.05) is 49.5 Å². The minimum Gasteiger partial charge on any atom is -0.354 e. The summed E-state index contributed by atoms with van der Waals surface area (Å²) in [5, 5.41) is 3.16. The first-order chi connectivity index (χ1) is 13.4. The van der Waals surface area contributed by atoms with E-state index in [2.05, 4.69) is 40.9 Å². The number of anilines is 1. The van der Waals surface area contributed by atoms with Crippen molar-refractivity contribution in [2.75, 3.05) is 31.1 Å². The third-order valence-corrected chi connectivity index (χ3v) is 5.58. The molecule has 1 aliphatic rings. The molecule has 0 spiro atoms. The molecule has 1 N–H and O–H groups in total. The Hall–Kier alpha value is -2.47. The lowest BCUT2D eigenvalue weighted by atomic mass is 10.0. The third-order valence-electron chi connectivity index (χ3n) is 5.58. The highest BCUT2D eigenvalue weighted by atomic mass is 16.2. The maximum Gasteiger partial charge on any atom is 0.237 e. The number of aromatic nitrogens is 2. The molecule has 1 fully saturated rings. The van der Waals surface area contributed by atoms with Crippen LogP contribution in [-0.4, -0.2) is 58.5 Å². The molecule has 2 heterocycles. The zero-order chi connectivity index (χ0) is 20.1. The van der Waals surface area contributed by atoms with Gasteiger partial charge in [-0.2, -0.15) is 0 Å². The van der Waals surface area contributed by atoms with Crippen LogP contribution in [0.3, 0.4) is 0 Å². The van der Waals surface area contributed by atoms with Crippen LogP contribution in [0.2, 0.25) is 0 Å². The molecule has 1 atom stereocenters. The fourth-order valence-corrected chi connectivity index (χ4v) is 3.28. The maximum absolute atomic E-state index is 12.6. The Bertz CT molecular complexity index is 785. The van der Waals surface area contributed by atoms with Crippen LogP contribution >= 0.6 is 0 Å². The zero-order valence-corrected chi connectivity index (χ0v) is 17.4. The largest absolute Gasteiger partial charge is 0.354 e. The molecule has 1 saturated heterocycles. The molecule has 1 unspecified atom stereocenters. The molecule has 6 nitrogen and oxygen atoms in total. The topological polar surface area (TPSA) is 61.4 Å². The Morgan fingerprint density at radius 1 is 1.14 bits per heavy atom. The summed E-state index contributed by atoms with van der Waals surface area (Å²) in [5.41, 5.74) is 0.855. The van der Waals surface area contributed by atoms with Gasteiger partial charge in [0.15, 0.2) is 5.82 Å². The molecule has 2 aromatic rings. The van der Waals surface area contributed by atoms with Crippen molar-refractivity contribution in [3.05, 3.63) is 42.6 Å². The average molecular weight is 382 g/mol. The number of amides is 1. The van der Waals surface area contributed by atoms with Crippen LogP contribution in [0.15, 0.2) is 42.6 Å². The van der Waals surface area contributed by atoms with Crippen molar-refractivity contribution in [3.63, 3.8) is 0 Å². The number of carbonyl (C=O) groups is 1. The summed E-state index contributed by atoms with van der Waals surface area (Å²) < 4.78 is 0. The van der Waals surface area contributed by atoms with Crippen LogP contribution in [0.25, 0.3) is 11.4 Å². The summed E-state index contributed by atoms with van der Waals surface area (Å²) in [5.74, 6) is 1.79. The van der Waals surface area contributed by atoms with Gasteiger partial charge in [0.25, 0.3) is 0 Å². The first kappa shape index (κ1) is 20.3. The lowest BCUT2D eigenvalue weighted by Gasteiger charge is -2.39. The van der Waals surface area contributed by atoms with Gasteiger partial charge in [0, 0.05) is 43.5 Å². The van der Waals surface area contributed by atoms with E-state index < -0.39 is 0 Å². The van der Waals surface area contributed by atoms with Gasteiger partial charge < -0.3 is 10.2 Å². The maximum atomic E-state index is 12.6. The Morgan fingerprint density at radius 2 is 1.82 bits per heavy atom. The Balaban J connectivity index is 1.60. The van der Waals surface area contributed by atoms with Gasteiger partial charge in [-0.1, -0.05) is 37.3 Å². The molecule has 1 aliphatic heterocycles. The van der Waals surface area contributed by atoms with Gasteiger partial charge in [-0.3, -0.25) is 9.69 Å². The SMILES string of the molecule is CCC(C)(C)NC(=O)C(C)N1CCN(c2ccnc(-c3ccccc3)n2)CC1. The number of piperazine rings is 1.